The van der Waals surface area contributed by atoms with E-state index in [0.717, 1.165) is 51.1 Å². The van der Waals surface area contributed by atoms with Crippen molar-refractivity contribution in [1.29, 1.82) is 0 Å². The lowest BCUT2D eigenvalue weighted by molar-refractivity contribution is -0.0650. The van der Waals surface area contributed by atoms with Crippen molar-refractivity contribution in [1.82, 2.24) is 14.5 Å². The minimum Gasteiger partial charge on any atom is -0.478 e. The third-order valence-corrected chi connectivity index (χ3v) is 6.01. The van der Waals surface area contributed by atoms with Gasteiger partial charge in [-0.2, -0.15) is 0 Å². The summed E-state index contributed by atoms with van der Waals surface area (Å²) in [5, 5.41) is 0. The standard InChI is InChI=1S/C21H27N3O3/c1-23-12-4-5-18(23)20(25)24-13-9-21(10-14-24)17(8-16-27-21)7-15-26-19-6-2-3-11-22-19/h2-6,11-12,17H,7-10,13-16H2,1H3/t17-/m1/s1. The Balaban J connectivity index is 1.32. The van der Waals surface area contributed by atoms with Gasteiger partial charge in [0.05, 0.1) is 12.2 Å². The molecule has 0 aliphatic carbocycles. The lowest BCUT2D eigenvalue weighted by Gasteiger charge is -2.42. The highest BCUT2D eigenvalue weighted by Crippen LogP contribution is 2.42. The Morgan fingerprint density at radius 1 is 1.30 bits per heavy atom. The zero-order valence-corrected chi connectivity index (χ0v) is 15.8. The number of likely N-dealkylation sites (tertiary alicyclic amines) is 1. The molecular weight excluding hydrogens is 342 g/mol. The van der Waals surface area contributed by atoms with Crippen molar-refractivity contribution in [3.8, 4) is 5.88 Å². The number of carbonyl (C=O) groups is 1. The Bertz CT molecular complexity index is 766. The number of nitrogens with zero attached hydrogens (tertiary/aromatic N) is 3. The molecule has 0 unspecified atom stereocenters. The number of aryl methyl sites for hydroxylation is 1. The number of amides is 1. The molecule has 2 fully saturated rings. The predicted octanol–water partition coefficient (Wildman–Crippen LogP) is 2.90. The second-order valence-electron chi connectivity index (χ2n) is 7.50. The normalized spacial score (nSPS) is 21.5. The highest BCUT2D eigenvalue weighted by molar-refractivity contribution is 5.92. The molecular formula is C21H27N3O3. The van der Waals surface area contributed by atoms with E-state index in [2.05, 4.69) is 4.98 Å². The van der Waals surface area contributed by atoms with E-state index in [1.54, 1.807) is 6.20 Å². The number of ether oxygens (including phenoxy) is 2. The maximum absolute atomic E-state index is 12.7. The molecule has 0 aromatic carbocycles. The lowest BCUT2D eigenvalue weighted by atomic mass is 9.78. The van der Waals surface area contributed by atoms with Gasteiger partial charge in [0.2, 0.25) is 5.88 Å². The van der Waals surface area contributed by atoms with E-state index in [-0.39, 0.29) is 11.5 Å². The van der Waals surface area contributed by atoms with Crippen molar-refractivity contribution in [2.75, 3.05) is 26.3 Å². The molecule has 6 nitrogen and oxygen atoms in total. The third-order valence-electron chi connectivity index (χ3n) is 6.01. The number of rotatable bonds is 5. The maximum atomic E-state index is 12.7. The van der Waals surface area contributed by atoms with Crippen LogP contribution < -0.4 is 4.74 Å². The number of aromatic nitrogens is 2. The first-order chi connectivity index (χ1) is 13.2. The molecule has 2 aromatic heterocycles. The fourth-order valence-electron chi connectivity index (χ4n) is 4.42. The van der Waals surface area contributed by atoms with E-state index >= 15 is 0 Å². The Morgan fingerprint density at radius 3 is 2.85 bits per heavy atom. The summed E-state index contributed by atoms with van der Waals surface area (Å²) >= 11 is 0. The van der Waals surface area contributed by atoms with Crippen molar-refractivity contribution in [2.24, 2.45) is 13.0 Å². The molecule has 6 heteroatoms. The number of carbonyl (C=O) groups excluding carboxylic acids is 1. The Labute approximate surface area is 160 Å². The van der Waals surface area contributed by atoms with Crippen LogP contribution in [0.2, 0.25) is 0 Å². The molecule has 1 amide bonds. The van der Waals surface area contributed by atoms with Crippen LogP contribution in [0.15, 0.2) is 42.7 Å². The molecule has 2 aromatic rings. The van der Waals surface area contributed by atoms with Crippen LogP contribution in [0, 0.1) is 5.92 Å². The minimum atomic E-state index is -0.0987. The van der Waals surface area contributed by atoms with E-state index in [9.17, 15) is 4.79 Å². The number of piperidine rings is 1. The van der Waals surface area contributed by atoms with Gasteiger partial charge in [0, 0.05) is 45.2 Å². The quantitative estimate of drug-likeness (QED) is 0.813. The number of hydrogen-bond acceptors (Lipinski definition) is 4. The number of hydrogen-bond donors (Lipinski definition) is 0. The highest BCUT2D eigenvalue weighted by Gasteiger charge is 2.46. The van der Waals surface area contributed by atoms with Crippen LogP contribution in [0.25, 0.3) is 0 Å². The lowest BCUT2D eigenvalue weighted by Crippen LogP contribution is -2.49. The van der Waals surface area contributed by atoms with Gasteiger partial charge in [-0.1, -0.05) is 6.07 Å². The molecule has 0 bridgehead atoms. The van der Waals surface area contributed by atoms with Crippen molar-refractivity contribution in [3.63, 3.8) is 0 Å². The average molecular weight is 369 g/mol. The summed E-state index contributed by atoms with van der Waals surface area (Å²) in [5.41, 5.74) is 0.650. The van der Waals surface area contributed by atoms with Crippen LogP contribution in [0.4, 0.5) is 0 Å². The van der Waals surface area contributed by atoms with Gasteiger partial charge >= 0.3 is 0 Å². The van der Waals surface area contributed by atoms with Crippen LogP contribution in [0.3, 0.4) is 0 Å². The van der Waals surface area contributed by atoms with Crippen LogP contribution in [0.1, 0.15) is 36.2 Å². The summed E-state index contributed by atoms with van der Waals surface area (Å²) in [5.74, 6) is 1.27. The van der Waals surface area contributed by atoms with Gasteiger partial charge in [0.25, 0.3) is 5.91 Å². The van der Waals surface area contributed by atoms with Crippen molar-refractivity contribution in [2.45, 2.75) is 31.3 Å². The molecule has 144 valence electrons. The van der Waals surface area contributed by atoms with Gasteiger partial charge in [-0.25, -0.2) is 4.98 Å². The molecule has 1 spiro atoms. The van der Waals surface area contributed by atoms with Gasteiger partial charge in [0.1, 0.15) is 5.69 Å². The van der Waals surface area contributed by atoms with E-state index in [0.29, 0.717) is 18.4 Å². The van der Waals surface area contributed by atoms with E-state index in [1.165, 1.54) is 0 Å². The fourth-order valence-corrected chi connectivity index (χ4v) is 4.42. The molecule has 4 rings (SSSR count). The van der Waals surface area contributed by atoms with Crippen molar-refractivity contribution in [3.05, 3.63) is 48.4 Å². The highest BCUT2D eigenvalue weighted by atomic mass is 16.5. The number of pyridine rings is 1. The molecule has 4 heterocycles. The average Bonchev–Trinajstić information content (AvgIpc) is 3.29. The first-order valence-corrected chi connectivity index (χ1v) is 9.76. The first-order valence-electron chi connectivity index (χ1n) is 9.76. The second kappa shape index (κ2) is 7.72. The summed E-state index contributed by atoms with van der Waals surface area (Å²) in [4.78, 5) is 18.9. The summed E-state index contributed by atoms with van der Waals surface area (Å²) in [7, 11) is 1.91. The van der Waals surface area contributed by atoms with Gasteiger partial charge in [0.15, 0.2) is 0 Å². The van der Waals surface area contributed by atoms with Crippen LogP contribution in [0.5, 0.6) is 5.88 Å². The van der Waals surface area contributed by atoms with Crippen LogP contribution in [-0.2, 0) is 11.8 Å². The van der Waals surface area contributed by atoms with Gasteiger partial charge in [-0.3, -0.25) is 4.79 Å². The SMILES string of the molecule is Cn1cccc1C(=O)N1CCC2(CC1)OCC[C@H]2CCOc1ccccn1. The minimum absolute atomic E-state index is 0.0987. The summed E-state index contributed by atoms with van der Waals surface area (Å²) in [6.07, 6.45) is 7.49. The smallest absolute Gasteiger partial charge is 0.270 e. The van der Waals surface area contributed by atoms with Crippen molar-refractivity contribution < 1.29 is 14.3 Å². The predicted molar refractivity (Wildman–Crippen MR) is 102 cm³/mol. The van der Waals surface area contributed by atoms with E-state index < -0.39 is 0 Å². The van der Waals surface area contributed by atoms with Crippen LogP contribution >= 0.6 is 0 Å². The summed E-state index contributed by atoms with van der Waals surface area (Å²) in [6.45, 7) is 2.96. The summed E-state index contributed by atoms with van der Waals surface area (Å²) < 4.78 is 13.9. The largest absolute Gasteiger partial charge is 0.478 e. The fraction of sp³-hybridized carbons (Fsp3) is 0.524. The van der Waals surface area contributed by atoms with Gasteiger partial charge in [-0.15, -0.1) is 0 Å². The summed E-state index contributed by atoms with van der Waals surface area (Å²) in [6, 6.07) is 9.50. The van der Waals surface area contributed by atoms with E-state index in [1.807, 2.05) is 53.0 Å². The van der Waals surface area contributed by atoms with Gasteiger partial charge in [-0.05, 0) is 49.8 Å². The molecule has 2 aliphatic rings. The molecule has 0 N–H and O–H groups in total. The molecule has 0 radical (unpaired) electrons. The molecule has 1 atom stereocenters. The molecule has 2 aliphatic heterocycles. The Kier molecular flexibility index (Phi) is 5.16. The van der Waals surface area contributed by atoms with Crippen molar-refractivity contribution >= 4 is 5.91 Å². The second-order valence-corrected chi connectivity index (χ2v) is 7.50. The third kappa shape index (κ3) is 3.72. The zero-order chi connectivity index (χ0) is 18.7. The monoisotopic (exact) mass is 369 g/mol. The Hall–Kier alpha value is -2.34. The molecule has 2 saturated heterocycles. The first kappa shape index (κ1) is 18.0. The molecule has 27 heavy (non-hydrogen) atoms. The van der Waals surface area contributed by atoms with E-state index in [4.69, 9.17) is 9.47 Å². The maximum Gasteiger partial charge on any atom is 0.270 e. The zero-order valence-electron chi connectivity index (χ0n) is 15.8. The molecule has 0 saturated carbocycles. The van der Waals surface area contributed by atoms with Gasteiger partial charge < -0.3 is 18.9 Å². The topological polar surface area (TPSA) is 56.6 Å². The van der Waals surface area contributed by atoms with Crippen LogP contribution in [-0.4, -0.2) is 52.3 Å². The Morgan fingerprint density at radius 2 is 2.15 bits per heavy atom.